The minimum Gasteiger partial charge on any atom is -0.349 e. The van der Waals surface area contributed by atoms with E-state index >= 15 is 0 Å². The highest BCUT2D eigenvalue weighted by Crippen LogP contribution is 2.41. The number of amides is 1. The highest BCUT2D eigenvalue weighted by atomic mass is 35.5. The third kappa shape index (κ3) is 4.06. The van der Waals surface area contributed by atoms with Gasteiger partial charge in [-0.05, 0) is 44.0 Å². The number of nitrogens with zero attached hydrogens (tertiary/aromatic N) is 3. The first kappa shape index (κ1) is 24.1. The molecule has 2 aromatic carbocycles. The predicted molar refractivity (Wildman–Crippen MR) is 121 cm³/mol. The second kappa shape index (κ2) is 8.51. The Labute approximate surface area is 205 Å². The Balaban J connectivity index is 1.83. The van der Waals surface area contributed by atoms with E-state index in [1.807, 2.05) is 0 Å². The average molecular weight is 523 g/mol. The van der Waals surface area contributed by atoms with Crippen molar-refractivity contribution in [3.8, 4) is 5.69 Å². The van der Waals surface area contributed by atoms with Gasteiger partial charge in [0.1, 0.15) is 29.1 Å². The molecule has 186 valence electrons. The fraction of sp³-hybridized carbons (Fsp3) is 0.250. The second-order valence-electron chi connectivity index (χ2n) is 8.50. The molecule has 1 atom stereocenters. The lowest BCUT2D eigenvalue weighted by Gasteiger charge is -2.19. The fourth-order valence-corrected chi connectivity index (χ4v) is 4.40. The Kier molecular flexibility index (Phi) is 5.70. The number of rotatable bonds is 3. The van der Waals surface area contributed by atoms with Crippen LogP contribution in [-0.4, -0.2) is 27.2 Å². The van der Waals surface area contributed by atoms with Crippen LogP contribution in [0.5, 0.6) is 0 Å². The summed E-state index contributed by atoms with van der Waals surface area (Å²) in [6, 6.07) is 3.59. The van der Waals surface area contributed by atoms with Crippen LogP contribution >= 0.6 is 11.6 Å². The van der Waals surface area contributed by atoms with Crippen LogP contribution in [0, 0.1) is 11.6 Å². The summed E-state index contributed by atoms with van der Waals surface area (Å²) in [4.78, 5) is 33.6. The van der Waals surface area contributed by atoms with Gasteiger partial charge >= 0.3 is 6.18 Å². The minimum atomic E-state index is -4.89. The average Bonchev–Trinajstić information content (AvgIpc) is 3.61. The quantitative estimate of drug-likeness (QED) is 0.493. The molecule has 12 heteroatoms. The van der Waals surface area contributed by atoms with Crippen LogP contribution in [0.1, 0.15) is 58.7 Å². The molecular formula is C24H16ClF5N4O2. The normalized spacial score (nSPS) is 17.1. The first-order chi connectivity index (χ1) is 17.0. The molecule has 3 aromatic rings. The Hall–Kier alpha value is -3.60. The van der Waals surface area contributed by atoms with Crippen LogP contribution in [0.25, 0.3) is 5.69 Å². The van der Waals surface area contributed by atoms with Crippen LogP contribution < -0.4 is 10.9 Å². The molecule has 1 aliphatic carbocycles. The molecule has 2 aliphatic rings. The van der Waals surface area contributed by atoms with E-state index in [2.05, 4.69) is 15.3 Å². The summed E-state index contributed by atoms with van der Waals surface area (Å²) in [5, 5.41) is 1.82. The Bertz CT molecular complexity index is 1490. The zero-order valence-corrected chi connectivity index (χ0v) is 19.2. The summed E-state index contributed by atoms with van der Waals surface area (Å²) < 4.78 is 72.1. The van der Waals surface area contributed by atoms with Crippen molar-refractivity contribution >= 4 is 23.2 Å². The Morgan fingerprint density at radius 3 is 2.39 bits per heavy atom. The van der Waals surface area contributed by atoms with Gasteiger partial charge in [-0.15, -0.1) is 0 Å². The van der Waals surface area contributed by atoms with Crippen molar-refractivity contribution < 1.29 is 26.7 Å². The molecule has 0 saturated heterocycles. The molecule has 5 rings (SSSR count). The molecule has 1 aromatic heterocycles. The number of halogens is 6. The van der Waals surface area contributed by atoms with E-state index in [9.17, 15) is 31.5 Å². The smallest absolute Gasteiger partial charge is 0.349 e. The molecule has 6 nitrogen and oxygen atoms in total. The topological polar surface area (TPSA) is 76.3 Å². The van der Waals surface area contributed by atoms with Gasteiger partial charge in [0.2, 0.25) is 0 Å². The van der Waals surface area contributed by atoms with E-state index < -0.39 is 62.7 Å². The molecule has 1 aliphatic heterocycles. The van der Waals surface area contributed by atoms with E-state index in [-0.39, 0.29) is 23.1 Å². The van der Waals surface area contributed by atoms with Crippen molar-refractivity contribution in [3.63, 3.8) is 0 Å². The zero-order chi connectivity index (χ0) is 25.9. The van der Waals surface area contributed by atoms with Gasteiger partial charge in [-0.2, -0.15) is 18.2 Å². The van der Waals surface area contributed by atoms with Crippen LogP contribution in [-0.2, 0) is 6.18 Å². The van der Waals surface area contributed by atoms with Gasteiger partial charge in [0.05, 0.1) is 27.5 Å². The van der Waals surface area contributed by atoms with Gasteiger partial charge in [0, 0.05) is 17.8 Å². The maximum atomic E-state index is 14.8. The number of hydrogen-bond donors (Lipinski definition) is 1. The number of nitrogens with one attached hydrogen (secondary N) is 1. The van der Waals surface area contributed by atoms with Crippen molar-refractivity contribution in [2.24, 2.45) is 4.99 Å². The van der Waals surface area contributed by atoms with Crippen molar-refractivity contribution in [1.29, 1.82) is 0 Å². The van der Waals surface area contributed by atoms with E-state index in [1.165, 1.54) is 11.5 Å². The summed E-state index contributed by atoms with van der Waals surface area (Å²) in [6.07, 6.45) is -2.24. The third-order valence-corrected chi connectivity index (χ3v) is 6.32. The molecule has 36 heavy (non-hydrogen) atoms. The molecule has 0 bridgehead atoms. The number of aliphatic imine (C=N–C) groups is 1. The fourth-order valence-electron chi connectivity index (χ4n) is 4.04. The highest BCUT2D eigenvalue weighted by Gasteiger charge is 2.38. The summed E-state index contributed by atoms with van der Waals surface area (Å²) in [5.74, 6) is -2.88. The molecule has 1 N–H and O–H groups in total. The van der Waals surface area contributed by atoms with Crippen LogP contribution in [0.4, 0.5) is 22.0 Å². The van der Waals surface area contributed by atoms with E-state index in [0.29, 0.717) is 6.07 Å². The number of carbonyl (C=O) groups is 1. The number of benzene rings is 2. The van der Waals surface area contributed by atoms with Crippen molar-refractivity contribution in [2.45, 2.75) is 38.0 Å². The van der Waals surface area contributed by atoms with Crippen molar-refractivity contribution in [1.82, 2.24) is 14.9 Å². The molecule has 1 amide bonds. The van der Waals surface area contributed by atoms with Crippen LogP contribution in [0.15, 0.2) is 46.3 Å². The van der Waals surface area contributed by atoms with E-state index in [0.717, 1.165) is 43.3 Å². The molecule has 0 unspecified atom stereocenters. The molecular weight excluding hydrogens is 507 g/mol. The lowest BCUT2D eigenvalue weighted by molar-refractivity contribution is -0.137. The Morgan fingerprint density at radius 2 is 1.78 bits per heavy atom. The SMILES string of the molecule is C[C@@H]1N=C(c2c(F)cccc2F)c2c(ccc(C(F)(F)F)c2Cl)-n2cc(C(=O)NC3CC3)c(=O)nc21. The van der Waals surface area contributed by atoms with Gasteiger partial charge in [-0.25, -0.2) is 8.78 Å². The minimum absolute atomic E-state index is 0.0493. The predicted octanol–water partition coefficient (Wildman–Crippen LogP) is 4.99. The summed E-state index contributed by atoms with van der Waals surface area (Å²) in [6.45, 7) is 1.45. The number of aromatic nitrogens is 2. The number of fused-ring (bicyclic) bond motifs is 3. The number of carbonyl (C=O) groups excluding carboxylic acids is 1. The molecule has 1 saturated carbocycles. The maximum absolute atomic E-state index is 14.8. The van der Waals surface area contributed by atoms with Gasteiger partial charge in [-0.3, -0.25) is 14.6 Å². The van der Waals surface area contributed by atoms with Gasteiger partial charge in [0.15, 0.2) is 0 Å². The second-order valence-corrected chi connectivity index (χ2v) is 8.88. The number of alkyl halides is 3. The largest absolute Gasteiger partial charge is 0.417 e. The summed E-state index contributed by atoms with van der Waals surface area (Å²) in [7, 11) is 0. The zero-order valence-electron chi connectivity index (χ0n) is 18.5. The van der Waals surface area contributed by atoms with Gasteiger partial charge in [-0.1, -0.05) is 17.7 Å². The third-order valence-electron chi connectivity index (χ3n) is 5.93. The summed E-state index contributed by atoms with van der Waals surface area (Å²) in [5.41, 5.74) is -4.13. The van der Waals surface area contributed by atoms with Crippen LogP contribution in [0.2, 0.25) is 5.02 Å². The maximum Gasteiger partial charge on any atom is 0.417 e. The monoisotopic (exact) mass is 522 g/mol. The van der Waals surface area contributed by atoms with Crippen molar-refractivity contribution in [2.75, 3.05) is 0 Å². The van der Waals surface area contributed by atoms with Crippen LogP contribution in [0.3, 0.4) is 0 Å². The summed E-state index contributed by atoms with van der Waals surface area (Å²) >= 11 is 6.24. The molecule has 2 heterocycles. The van der Waals surface area contributed by atoms with Gasteiger partial charge in [0.25, 0.3) is 11.5 Å². The lowest BCUT2D eigenvalue weighted by atomic mass is 9.97. The highest BCUT2D eigenvalue weighted by molar-refractivity contribution is 6.37. The van der Waals surface area contributed by atoms with E-state index in [4.69, 9.17) is 11.6 Å². The first-order valence-electron chi connectivity index (χ1n) is 10.8. The first-order valence-corrected chi connectivity index (χ1v) is 11.2. The standard InChI is InChI=1S/C24H16ClF5N4O2/c1-10-21-33-23(36)12(22(35)32-11-5-6-11)9-34(21)16-8-7-13(24(28,29)30)19(25)18(16)20(31-10)17-14(26)3-2-4-15(17)27/h2-4,7-11H,5-6H2,1H3,(H,32,35)/t10-/m0/s1. The molecule has 1 fully saturated rings. The Morgan fingerprint density at radius 1 is 1.11 bits per heavy atom. The molecule has 0 radical (unpaired) electrons. The van der Waals surface area contributed by atoms with E-state index in [1.54, 1.807) is 0 Å². The lowest BCUT2D eigenvalue weighted by Crippen LogP contribution is -2.33. The van der Waals surface area contributed by atoms with Gasteiger partial charge < -0.3 is 9.88 Å². The molecule has 0 spiro atoms. The number of hydrogen-bond acceptors (Lipinski definition) is 4. The van der Waals surface area contributed by atoms with Crippen molar-refractivity contribution in [3.05, 3.63) is 91.6 Å².